The Kier molecular flexibility index (Phi) is 4.91. The molecule has 0 saturated heterocycles. The molecule has 4 nitrogen and oxygen atoms in total. The fraction of sp³-hybridized carbons (Fsp3) is 0.810. The van der Waals surface area contributed by atoms with E-state index in [-0.39, 0.29) is 17.8 Å². The van der Waals surface area contributed by atoms with Gasteiger partial charge in [-0.3, -0.25) is 9.59 Å². The van der Waals surface area contributed by atoms with Crippen LogP contribution in [0.3, 0.4) is 0 Å². The van der Waals surface area contributed by atoms with Crippen LogP contribution >= 0.6 is 0 Å². The number of rotatable bonds is 5. The molecule has 0 radical (unpaired) electrons. The van der Waals surface area contributed by atoms with Gasteiger partial charge in [-0.2, -0.15) is 0 Å². The second-order valence-corrected chi connectivity index (χ2v) is 9.63. The number of primary amides is 1. The van der Waals surface area contributed by atoms with Gasteiger partial charge in [-0.15, -0.1) is 0 Å². The lowest BCUT2D eigenvalue weighted by Gasteiger charge is -2.51. The molecule has 2 aliphatic rings. The van der Waals surface area contributed by atoms with Crippen molar-refractivity contribution in [3.05, 3.63) is 11.6 Å². The Hall–Kier alpha value is -1.32. The largest absolute Gasteiger partial charge is 0.481 e. The van der Waals surface area contributed by atoms with Crippen LogP contribution in [0.15, 0.2) is 11.6 Å². The van der Waals surface area contributed by atoms with E-state index in [1.54, 1.807) is 0 Å². The lowest BCUT2D eigenvalue weighted by atomic mass is 9.51. The van der Waals surface area contributed by atoms with E-state index < -0.39 is 28.1 Å². The highest BCUT2D eigenvalue weighted by molar-refractivity contribution is 5.94. The number of carbonyl (C=O) groups excluding carboxylic acids is 1. The van der Waals surface area contributed by atoms with Gasteiger partial charge in [-0.25, -0.2) is 0 Å². The molecule has 2 rings (SSSR count). The maximum Gasteiger partial charge on any atom is 0.311 e. The van der Waals surface area contributed by atoms with Crippen molar-refractivity contribution in [2.75, 3.05) is 0 Å². The molecule has 0 spiro atoms. The van der Waals surface area contributed by atoms with Crippen molar-refractivity contribution >= 4 is 11.9 Å². The van der Waals surface area contributed by atoms with Crippen LogP contribution < -0.4 is 5.73 Å². The quantitative estimate of drug-likeness (QED) is 0.728. The van der Waals surface area contributed by atoms with Crippen molar-refractivity contribution in [2.24, 2.45) is 45.7 Å². The van der Waals surface area contributed by atoms with E-state index in [0.717, 1.165) is 18.4 Å². The van der Waals surface area contributed by atoms with Gasteiger partial charge in [-0.05, 0) is 49.9 Å². The minimum Gasteiger partial charge on any atom is -0.481 e. The van der Waals surface area contributed by atoms with Gasteiger partial charge < -0.3 is 10.8 Å². The third-order valence-corrected chi connectivity index (χ3v) is 7.24. The Balaban J connectivity index is 2.77. The van der Waals surface area contributed by atoms with Gasteiger partial charge in [0, 0.05) is 5.92 Å². The van der Waals surface area contributed by atoms with Crippen LogP contribution in [0.2, 0.25) is 0 Å². The minimum absolute atomic E-state index is 0.00661. The lowest BCUT2D eigenvalue weighted by molar-refractivity contribution is -0.169. The van der Waals surface area contributed by atoms with Crippen molar-refractivity contribution in [3.63, 3.8) is 0 Å². The summed E-state index contributed by atoms with van der Waals surface area (Å²) in [5.41, 5.74) is 4.53. The molecule has 1 amide bonds. The molecular formula is C21H35NO3. The summed E-state index contributed by atoms with van der Waals surface area (Å²) in [5, 5.41) is 10.4. The van der Waals surface area contributed by atoms with Crippen molar-refractivity contribution in [1.29, 1.82) is 0 Å². The minimum atomic E-state index is -1.12. The SMILES string of the molecule is CC(C)=C[C@@H]1C(C)(C)[C@@]1(C(=O)O)[C@@]1(C(N)=O)C[C@@H](C)CC[C@@H]1C(C)C. The number of carbonyl (C=O) groups is 2. The van der Waals surface area contributed by atoms with E-state index >= 15 is 0 Å². The first-order valence-electron chi connectivity index (χ1n) is 9.55. The molecule has 3 N–H and O–H groups in total. The summed E-state index contributed by atoms with van der Waals surface area (Å²) in [6, 6.07) is 0. The van der Waals surface area contributed by atoms with Crippen LogP contribution in [0.1, 0.15) is 67.7 Å². The lowest BCUT2D eigenvalue weighted by Crippen LogP contribution is -2.58. The van der Waals surface area contributed by atoms with Gasteiger partial charge in [0.15, 0.2) is 0 Å². The molecule has 0 heterocycles. The summed E-state index contributed by atoms with van der Waals surface area (Å²) in [6.45, 7) is 14.3. The van der Waals surface area contributed by atoms with Crippen molar-refractivity contribution in [3.8, 4) is 0 Å². The molecule has 0 bridgehead atoms. The monoisotopic (exact) mass is 349 g/mol. The first kappa shape index (κ1) is 20.0. The van der Waals surface area contributed by atoms with Gasteiger partial charge in [0.1, 0.15) is 0 Å². The molecule has 0 aromatic rings. The third-order valence-electron chi connectivity index (χ3n) is 7.24. The Labute approximate surface area is 152 Å². The smallest absolute Gasteiger partial charge is 0.311 e. The molecule has 2 fully saturated rings. The molecule has 0 aliphatic heterocycles. The molecule has 0 aromatic carbocycles. The van der Waals surface area contributed by atoms with Crippen molar-refractivity contribution in [2.45, 2.75) is 67.7 Å². The highest BCUT2D eigenvalue weighted by atomic mass is 16.4. The topological polar surface area (TPSA) is 80.4 Å². The summed E-state index contributed by atoms with van der Waals surface area (Å²) in [7, 11) is 0. The summed E-state index contributed by atoms with van der Waals surface area (Å²) in [6.07, 6.45) is 4.53. The molecule has 0 aromatic heterocycles. The fourth-order valence-electron chi connectivity index (χ4n) is 6.27. The van der Waals surface area contributed by atoms with Gasteiger partial charge >= 0.3 is 5.97 Å². The fourth-order valence-corrected chi connectivity index (χ4v) is 6.27. The number of nitrogens with two attached hydrogens (primary N) is 1. The third kappa shape index (κ3) is 2.47. The zero-order chi connectivity index (χ0) is 19.4. The number of allylic oxidation sites excluding steroid dienone is 2. The summed E-state index contributed by atoms with van der Waals surface area (Å²) in [5.74, 6) is -0.910. The first-order valence-corrected chi connectivity index (χ1v) is 9.55. The van der Waals surface area contributed by atoms with E-state index in [9.17, 15) is 14.7 Å². The number of carboxylic acids is 1. The second-order valence-electron chi connectivity index (χ2n) is 9.63. The number of amides is 1. The van der Waals surface area contributed by atoms with Crippen LogP contribution in [-0.2, 0) is 9.59 Å². The van der Waals surface area contributed by atoms with Gasteiger partial charge in [0.2, 0.25) is 5.91 Å². The Morgan fingerprint density at radius 3 is 2.16 bits per heavy atom. The molecule has 0 unspecified atom stereocenters. The van der Waals surface area contributed by atoms with Crippen LogP contribution in [0.25, 0.3) is 0 Å². The van der Waals surface area contributed by atoms with Gasteiger partial charge in [0.25, 0.3) is 0 Å². The molecule has 2 saturated carbocycles. The Morgan fingerprint density at radius 1 is 1.20 bits per heavy atom. The van der Waals surface area contributed by atoms with Crippen molar-refractivity contribution in [1.82, 2.24) is 0 Å². The summed E-state index contributed by atoms with van der Waals surface area (Å²) < 4.78 is 0. The van der Waals surface area contributed by atoms with Crippen molar-refractivity contribution < 1.29 is 14.7 Å². The second kappa shape index (κ2) is 6.14. The molecule has 4 heteroatoms. The Morgan fingerprint density at radius 2 is 1.76 bits per heavy atom. The molecule has 5 atom stereocenters. The highest BCUT2D eigenvalue weighted by Gasteiger charge is 2.85. The average Bonchev–Trinajstić information content (AvgIpc) is 2.94. The molecule has 2 aliphatic carbocycles. The Bertz CT molecular complexity index is 602. The predicted molar refractivity (Wildman–Crippen MR) is 99.7 cm³/mol. The zero-order valence-electron chi connectivity index (χ0n) is 16.8. The summed E-state index contributed by atoms with van der Waals surface area (Å²) in [4.78, 5) is 25.7. The zero-order valence-corrected chi connectivity index (χ0v) is 16.8. The van der Waals surface area contributed by atoms with Crippen LogP contribution in [0, 0.1) is 39.9 Å². The maximum absolute atomic E-state index is 13.0. The summed E-state index contributed by atoms with van der Waals surface area (Å²) >= 11 is 0. The number of aliphatic carboxylic acids is 1. The van der Waals surface area contributed by atoms with Crippen LogP contribution in [0.4, 0.5) is 0 Å². The number of hydrogen-bond donors (Lipinski definition) is 2. The van der Waals surface area contributed by atoms with Gasteiger partial charge in [-0.1, -0.05) is 52.7 Å². The normalized spacial score (nSPS) is 39.8. The standard InChI is InChI=1S/C21H35NO3/c1-12(2)10-16-19(6,7)21(16,18(24)25)20(17(22)23)11-14(5)8-9-15(20)13(3)4/h10,13-16H,8-9,11H2,1-7H3,(H2,22,23)(H,24,25)/t14-,15+,16+,20-,21+/m0/s1. The van der Waals surface area contributed by atoms with Crippen LogP contribution in [0.5, 0.6) is 0 Å². The maximum atomic E-state index is 13.0. The van der Waals surface area contributed by atoms with Crippen LogP contribution in [-0.4, -0.2) is 17.0 Å². The molecular weight excluding hydrogens is 314 g/mol. The van der Waals surface area contributed by atoms with Gasteiger partial charge in [0.05, 0.1) is 10.8 Å². The first-order chi connectivity index (χ1) is 11.4. The van der Waals surface area contributed by atoms with E-state index in [2.05, 4.69) is 26.8 Å². The average molecular weight is 350 g/mol. The van der Waals surface area contributed by atoms with E-state index in [0.29, 0.717) is 12.3 Å². The van der Waals surface area contributed by atoms with E-state index in [1.165, 1.54) is 0 Å². The van der Waals surface area contributed by atoms with E-state index in [1.807, 2.05) is 27.7 Å². The predicted octanol–water partition coefficient (Wildman–Crippen LogP) is 4.24. The number of carboxylic acid groups (broad SMARTS) is 1. The highest BCUT2D eigenvalue weighted by Crippen LogP contribution is 2.80. The number of hydrogen-bond acceptors (Lipinski definition) is 2. The molecule has 142 valence electrons. The molecule has 25 heavy (non-hydrogen) atoms. The van der Waals surface area contributed by atoms with E-state index in [4.69, 9.17) is 5.73 Å².